The maximum atomic E-state index is 12.0. The average molecular weight is 462 g/mol. The normalized spacial score (nSPS) is 11.9. The Balaban J connectivity index is 1.95. The standard InChI is InChI=1S/C27H31N3O4/c1-17(2)23-9-6-10-24(18(3)4)25(23)26(29-27(28)31)20-7-5-8-22(15-20)34-16-19-11-13-21(14-12-19)30(32)33/h5-15,17-18,26H,16H2,1-4H3,(H3,28,29,31). The predicted octanol–water partition coefficient (Wildman–Crippen LogP) is 6.18. The summed E-state index contributed by atoms with van der Waals surface area (Å²) in [6.45, 7) is 8.79. The van der Waals surface area contributed by atoms with Crippen molar-refractivity contribution in [1.29, 1.82) is 0 Å². The Hall–Kier alpha value is -3.87. The monoisotopic (exact) mass is 461 g/mol. The fourth-order valence-corrected chi connectivity index (χ4v) is 4.07. The number of benzene rings is 3. The van der Waals surface area contributed by atoms with Gasteiger partial charge in [-0.25, -0.2) is 4.79 Å². The molecule has 0 fully saturated rings. The second-order valence-corrected chi connectivity index (χ2v) is 8.89. The zero-order valence-corrected chi connectivity index (χ0v) is 19.9. The van der Waals surface area contributed by atoms with Gasteiger partial charge in [0.25, 0.3) is 5.69 Å². The molecule has 0 aliphatic carbocycles. The first kappa shape index (κ1) is 24.8. The molecule has 0 radical (unpaired) electrons. The Kier molecular flexibility index (Phi) is 7.89. The van der Waals surface area contributed by atoms with Crippen LogP contribution in [0.25, 0.3) is 0 Å². The number of nitrogens with zero attached hydrogens (tertiary/aromatic N) is 1. The molecule has 7 heteroatoms. The van der Waals surface area contributed by atoms with Crippen LogP contribution in [0.1, 0.15) is 73.4 Å². The Labute approximate surface area is 200 Å². The molecule has 0 aliphatic heterocycles. The Morgan fingerprint density at radius 1 is 0.971 bits per heavy atom. The average Bonchev–Trinajstić information content (AvgIpc) is 2.81. The van der Waals surface area contributed by atoms with Crippen LogP contribution in [0.3, 0.4) is 0 Å². The number of carbonyl (C=O) groups excluding carboxylic acids is 1. The quantitative estimate of drug-likeness (QED) is 0.293. The Morgan fingerprint density at radius 2 is 1.56 bits per heavy atom. The number of non-ortho nitro benzene ring substituents is 1. The summed E-state index contributed by atoms with van der Waals surface area (Å²) in [5, 5.41) is 13.8. The van der Waals surface area contributed by atoms with Gasteiger partial charge >= 0.3 is 6.03 Å². The molecule has 0 heterocycles. The summed E-state index contributed by atoms with van der Waals surface area (Å²) < 4.78 is 5.97. The summed E-state index contributed by atoms with van der Waals surface area (Å²) >= 11 is 0. The fourth-order valence-electron chi connectivity index (χ4n) is 4.07. The number of nitro groups is 1. The first-order valence-corrected chi connectivity index (χ1v) is 11.3. The van der Waals surface area contributed by atoms with Gasteiger partial charge in [0.15, 0.2) is 0 Å². The summed E-state index contributed by atoms with van der Waals surface area (Å²) in [5.74, 6) is 1.14. The smallest absolute Gasteiger partial charge is 0.312 e. The highest BCUT2D eigenvalue weighted by Crippen LogP contribution is 2.36. The van der Waals surface area contributed by atoms with Crippen LogP contribution < -0.4 is 15.8 Å². The molecule has 0 saturated carbocycles. The molecule has 0 bridgehead atoms. The lowest BCUT2D eigenvalue weighted by molar-refractivity contribution is -0.384. The number of rotatable bonds is 9. The number of nitrogens with one attached hydrogen (secondary N) is 1. The van der Waals surface area contributed by atoms with Crippen LogP contribution in [0.5, 0.6) is 5.75 Å². The first-order chi connectivity index (χ1) is 16.2. The number of amides is 2. The van der Waals surface area contributed by atoms with E-state index < -0.39 is 17.0 Å². The molecule has 3 aromatic carbocycles. The number of nitro benzene ring substituents is 1. The van der Waals surface area contributed by atoms with Crippen LogP contribution in [0.2, 0.25) is 0 Å². The van der Waals surface area contributed by atoms with E-state index in [1.807, 2.05) is 24.3 Å². The lowest BCUT2D eigenvalue weighted by Gasteiger charge is -2.28. The van der Waals surface area contributed by atoms with Crippen LogP contribution in [0.4, 0.5) is 10.5 Å². The van der Waals surface area contributed by atoms with Crippen LogP contribution in [0.15, 0.2) is 66.7 Å². The molecule has 2 amide bonds. The maximum absolute atomic E-state index is 12.0. The lowest BCUT2D eigenvalue weighted by atomic mass is 9.82. The van der Waals surface area contributed by atoms with Crippen molar-refractivity contribution in [2.24, 2.45) is 5.73 Å². The molecule has 0 saturated heterocycles. The summed E-state index contributed by atoms with van der Waals surface area (Å²) in [5.41, 5.74) is 10.7. The van der Waals surface area contributed by atoms with Crippen LogP contribution in [-0.4, -0.2) is 11.0 Å². The zero-order valence-electron chi connectivity index (χ0n) is 19.9. The van der Waals surface area contributed by atoms with E-state index in [4.69, 9.17) is 10.5 Å². The Morgan fingerprint density at radius 3 is 2.09 bits per heavy atom. The van der Waals surface area contributed by atoms with Crippen molar-refractivity contribution in [3.8, 4) is 5.75 Å². The van der Waals surface area contributed by atoms with Gasteiger partial charge in [-0.2, -0.15) is 0 Å². The van der Waals surface area contributed by atoms with Crippen molar-refractivity contribution in [2.45, 2.75) is 52.2 Å². The van der Waals surface area contributed by atoms with E-state index in [-0.39, 0.29) is 24.1 Å². The third kappa shape index (κ3) is 5.92. The minimum absolute atomic E-state index is 0.0379. The molecular formula is C27H31N3O4. The van der Waals surface area contributed by atoms with E-state index in [1.54, 1.807) is 12.1 Å². The highest BCUT2D eigenvalue weighted by Gasteiger charge is 2.25. The van der Waals surface area contributed by atoms with Crippen molar-refractivity contribution in [3.05, 3.63) is 105 Å². The first-order valence-electron chi connectivity index (χ1n) is 11.3. The molecule has 3 N–H and O–H groups in total. The fraction of sp³-hybridized carbons (Fsp3) is 0.296. The number of hydrogen-bond acceptors (Lipinski definition) is 4. The topological polar surface area (TPSA) is 107 Å². The number of nitrogens with two attached hydrogens (primary N) is 1. The van der Waals surface area contributed by atoms with Crippen molar-refractivity contribution < 1.29 is 14.5 Å². The number of ether oxygens (including phenoxy) is 1. The van der Waals surface area contributed by atoms with Gasteiger partial charge in [-0.3, -0.25) is 10.1 Å². The maximum Gasteiger partial charge on any atom is 0.312 e. The van der Waals surface area contributed by atoms with Gasteiger partial charge in [0.05, 0.1) is 11.0 Å². The number of primary amides is 1. The predicted molar refractivity (Wildman–Crippen MR) is 133 cm³/mol. The summed E-state index contributed by atoms with van der Waals surface area (Å²) in [6.07, 6.45) is 0. The summed E-state index contributed by atoms with van der Waals surface area (Å²) in [4.78, 5) is 22.4. The lowest BCUT2D eigenvalue weighted by Crippen LogP contribution is -2.35. The largest absolute Gasteiger partial charge is 0.489 e. The number of carbonyl (C=O) groups is 1. The third-order valence-corrected chi connectivity index (χ3v) is 5.74. The van der Waals surface area contributed by atoms with Gasteiger partial charge < -0.3 is 15.8 Å². The van der Waals surface area contributed by atoms with E-state index in [9.17, 15) is 14.9 Å². The molecule has 1 atom stereocenters. The molecule has 34 heavy (non-hydrogen) atoms. The summed E-state index contributed by atoms with van der Waals surface area (Å²) in [7, 11) is 0. The van der Waals surface area contributed by atoms with Gasteiger partial charge in [-0.1, -0.05) is 58.0 Å². The van der Waals surface area contributed by atoms with Crippen LogP contribution in [0, 0.1) is 10.1 Å². The highest BCUT2D eigenvalue weighted by atomic mass is 16.6. The molecule has 0 aliphatic rings. The molecule has 0 aromatic heterocycles. The van der Waals surface area contributed by atoms with Crippen LogP contribution in [-0.2, 0) is 6.61 Å². The minimum Gasteiger partial charge on any atom is -0.489 e. The molecule has 178 valence electrons. The molecular weight excluding hydrogens is 430 g/mol. The zero-order chi connectivity index (χ0) is 24.8. The molecule has 7 nitrogen and oxygen atoms in total. The number of hydrogen-bond donors (Lipinski definition) is 2. The summed E-state index contributed by atoms with van der Waals surface area (Å²) in [6, 6.07) is 19.0. The second-order valence-electron chi connectivity index (χ2n) is 8.89. The van der Waals surface area contributed by atoms with Crippen molar-refractivity contribution in [1.82, 2.24) is 5.32 Å². The van der Waals surface area contributed by atoms with Gasteiger partial charge in [0.2, 0.25) is 0 Å². The second kappa shape index (κ2) is 10.8. The molecule has 1 unspecified atom stereocenters. The highest BCUT2D eigenvalue weighted by molar-refractivity contribution is 5.73. The van der Waals surface area contributed by atoms with E-state index in [0.29, 0.717) is 5.75 Å². The number of urea groups is 1. The molecule has 0 spiro atoms. The van der Waals surface area contributed by atoms with Crippen LogP contribution >= 0.6 is 0 Å². The van der Waals surface area contributed by atoms with Gasteiger partial charge in [-0.05, 0) is 63.9 Å². The third-order valence-electron chi connectivity index (χ3n) is 5.74. The van der Waals surface area contributed by atoms with E-state index in [1.165, 1.54) is 12.1 Å². The SMILES string of the molecule is CC(C)c1cccc(C(C)C)c1C(NC(N)=O)c1cccc(OCc2ccc([N+](=O)[O-])cc2)c1. The van der Waals surface area contributed by atoms with Crippen molar-refractivity contribution in [3.63, 3.8) is 0 Å². The van der Waals surface area contributed by atoms with Gasteiger partial charge in [0.1, 0.15) is 12.4 Å². The van der Waals surface area contributed by atoms with Gasteiger partial charge in [-0.15, -0.1) is 0 Å². The van der Waals surface area contributed by atoms with E-state index in [2.05, 4.69) is 51.2 Å². The van der Waals surface area contributed by atoms with E-state index >= 15 is 0 Å². The molecule has 3 rings (SSSR count). The minimum atomic E-state index is -0.601. The van der Waals surface area contributed by atoms with Gasteiger partial charge in [0, 0.05) is 12.1 Å². The Bertz CT molecular complexity index is 1130. The van der Waals surface area contributed by atoms with Crippen molar-refractivity contribution >= 4 is 11.7 Å². The van der Waals surface area contributed by atoms with E-state index in [0.717, 1.165) is 27.8 Å². The van der Waals surface area contributed by atoms with Crippen molar-refractivity contribution in [2.75, 3.05) is 0 Å². The molecule has 3 aromatic rings.